The molecule has 2 N–H and O–H groups in total. The number of nitrogens with zero attached hydrogens (tertiary/aromatic N) is 2. The number of nitrogens with one attached hydrogen (secondary N) is 2. The van der Waals surface area contributed by atoms with E-state index in [4.69, 9.17) is 13.9 Å². The van der Waals surface area contributed by atoms with Gasteiger partial charge < -0.3 is 19.2 Å². The fourth-order valence-electron chi connectivity index (χ4n) is 5.11. The first-order valence-electron chi connectivity index (χ1n) is 10.7. The van der Waals surface area contributed by atoms with Crippen LogP contribution >= 0.6 is 0 Å². The lowest BCUT2D eigenvalue weighted by Crippen LogP contribution is -2.46. The monoisotopic (exact) mass is 428 g/mol. The molecular formula is C25H24N4O3. The summed E-state index contributed by atoms with van der Waals surface area (Å²) in [6, 6.07) is 10.7. The molecule has 0 saturated heterocycles. The zero-order valence-corrected chi connectivity index (χ0v) is 18.2. The predicted octanol–water partition coefficient (Wildman–Crippen LogP) is 5.19. The summed E-state index contributed by atoms with van der Waals surface area (Å²) >= 11 is 0. The zero-order chi connectivity index (χ0) is 21.9. The Kier molecular flexibility index (Phi) is 4.08. The molecule has 0 bridgehead atoms. The van der Waals surface area contributed by atoms with Gasteiger partial charge in [-0.3, -0.25) is 5.10 Å². The molecule has 162 valence electrons. The third-order valence-corrected chi connectivity index (χ3v) is 6.95. The summed E-state index contributed by atoms with van der Waals surface area (Å²) in [5.41, 5.74) is 6.44. The zero-order valence-electron chi connectivity index (χ0n) is 18.2. The molecule has 2 unspecified atom stereocenters. The van der Waals surface area contributed by atoms with Gasteiger partial charge in [0.25, 0.3) is 0 Å². The van der Waals surface area contributed by atoms with Crippen LogP contribution in [0.1, 0.15) is 31.0 Å². The standard InChI is InChI=1S/C25H24N4O3/c1-25(2)18-7-14(22-11-26-13-32-22)4-5-20(18)29-23-17-6-15(16-9-27-28-10-16)8-21(30-3)24(17)31-12-19(23)25/h4-11,13,19,23,29H,12H2,1-3H3,(H,27,28). The molecule has 0 aliphatic carbocycles. The maximum atomic E-state index is 6.32. The molecule has 0 radical (unpaired) electrons. The van der Waals surface area contributed by atoms with Crippen LogP contribution in [0.4, 0.5) is 5.69 Å². The highest BCUT2D eigenvalue weighted by Gasteiger charge is 2.47. The number of hydrogen-bond acceptors (Lipinski definition) is 6. The van der Waals surface area contributed by atoms with Crippen LogP contribution in [0.3, 0.4) is 0 Å². The van der Waals surface area contributed by atoms with Crippen molar-refractivity contribution in [3.63, 3.8) is 0 Å². The van der Waals surface area contributed by atoms with Gasteiger partial charge in [0.15, 0.2) is 23.7 Å². The third-order valence-electron chi connectivity index (χ3n) is 6.95. The number of benzene rings is 2. The molecule has 6 rings (SSSR count). The first-order chi connectivity index (χ1) is 15.6. The molecule has 0 saturated carbocycles. The van der Waals surface area contributed by atoms with Crippen LogP contribution in [0.2, 0.25) is 0 Å². The number of oxazole rings is 1. The number of methoxy groups -OCH3 is 1. The SMILES string of the molecule is COc1cc(-c2cn[nH]c2)cc2c1OCC1C2Nc2ccc(-c3cnco3)cc2C1(C)C. The molecule has 4 heterocycles. The number of ether oxygens (including phenoxy) is 2. The molecule has 32 heavy (non-hydrogen) atoms. The minimum absolute atomic E-state index is 0.0955. The van der Waals surface area contributed by atoms with E-state index in [1.54, 1.807) is 13.3 Å². The molecule has 2 aliphatic rings. The summed E-state index contributed by atoms with van der Waals surface area (Å²) in [5, 5.41) is 10.8. The number of fused-ring (bicyclic) bond motifs is 4. The van der Waals surface area contributed by atoms with E-state index in [9.17, 15) is 0 Å². The van der Waals surface area contributed by atoms with Gasteiger partial charge in [-0.25, -0.2) is 4.98 Å². The fourth-order valence-corrected chi connectivity index (χ4v) is 5.11. The van der Waals surface area contributed by atoms with Crippen molar-refractivity contribution in [1.82, 2.24) is 15.2 Å². The number of aromatic nitrogens is 3. The van der Waals surface area contributed by atoms with Crippen molar-refractivity contribution in [3.8, 4) is 33.9 Å². The quantitative estimate of drug-likeness (QED) is 0.467. The smallest absolute Gasteiger partial charge is 0.181 e. The molecule has 7 heteroatoms. The van der Waals surface area contributed by atoms with Gasteiger partial charge in [-0.05, 0) is 41.5 Å². The van der Waals surface area contributed by atoms with E-state index in [-0.39, 0.29) is 17.4 Å². The fraction of sp³-hybridized carbons (Fsp3) is 0.280. The Morgan fingerprint density at radius 3 is 2.75 bits per heavy atom. The van der Waals surface area contributed by atoms with Crippen LogP contribution in [0.25, 0.3) is 22.5 Å². The van der Waals surface area contributed by atoms with Crippen molar-refractivity contribution in [3.05, 3.63) is 66.4 Å². The van der Waals surface area contributed by atoms with Gasteiger partial charge >= 0.3 is 0 Å². The molecule has 2 atom stereocenters. The van der Waals surface area contributed by atoms with Crippen molar-refractivity contribution in [2.45, 2.75) is 25.3 Å². The Morgan fingerprint density at radius 1 is 1.09 bits per heavy atom. The highest BCUT2D eigenvalue weighted by Crippen LogP contribution is 2.54. The Labute approximate surface area is 185 Å². The van der Waals surface area contributed by atoms with Crippen LogP contribution in [0.15, 0.2) is 59.7 Å². The normalized spacial score (nSPS) is 20.3. The van der Waals surface area contributed by atoms with Crippen LogP contribution in [0.5, 0.6) is 11.5 Å². The Morgan fingerprint density at radius 2 is 2.00 bits per heavy atom. The minimum atomic E-state index is -0.127. The summed E-state index contributed by atoms with van der Waals surface area (Å²) in [6.45, 7) is 5.19. The van der Waals surface area contributed by atoms with Gasteiger partial charge in [-0.15, -0.1) is 0 Å². The Hall–Kier alpha value is -3.74. The van der Waals surface area contributed by atoms with E-state index in [1.807, 2.05) is 18.5 Å². The lowest BCUT2D eigenvalue weighted by Gasteiger charge is -2.48. The highest BCUT2D eigenvalue weighted by atomic mass is 16.5. The second kappa shape index (κ2) is 6.88. The van der Waals surface area contributed by atoms with Gasteiger partial charge in [-0.2, -0.15) is 5.10 Å². The summed E-state index contributed by atoms with van der Waals surface area (Å²) < 4.78 is 17.6. The average molecular weight is 428 g/mol. The highest BCUT2D eigenvalue weighted by molar-refractivity contribution is 5.72. The third kappa shape index (κ3) is 2.74. The molecule has 0 fully saturated rings. The van der Waals surface area contributed by atoms with Crippen molar-refractivity contribution in [2.75, 3.05) is 19.0 Å². The lowest BCUT2D eigenvalue weighted by molar-refractivity contribution is 0.131. The minimum Gasteiger partial charge on any atom is -0.493 e. The van der Waals surface area contributed by atoms with E-state index >= 15 is 0 Å². The van der Waals surface area contributed by atoms with Gasteiger partial charge in [0.05, 0.1) is 32.2 Å². The molecule has 0 amide bonds. The number of rotatable bonds is 3. The summed E-state index contributed by atoms with van der Waals surface area (Å²) in [7, 11) is 1.68. The second-order valence-electron chi connectivity index (χ2n) is 8.97. The topological polar surface area (TPSA) is 85.2 Å². The maximum Gasteiger partial charge on any atom is 0.181 e. The first kappa shape index (κ1) is 19.0. The summed E-state index contributed by atoms with van der Waals surface area (Å²) in [6.07, 6.45) is 6.92. The molecule has 2 aliphatic heterocycles. The van der Waals surface area contributed by atoms with Crippen molar-refractivity contribution in [2.24, 2.45) is 5.92 Å². The van der Waals surface area contributed by atoms with E-state index < -0.39 is 0 Å². The van der Waals surface area contributed by atoms with E-state index in [2.05, 4.69) is 58.6 Å². The van der Waals surface area contributed by atoms with Crippen LogP contribution in [-0.4, -0.2) is 28.9 Å². The average Bonchev–Trinajstić information content (AvgIpc) is 3.53. The molecule has 2 aromatic heterocycles. The largest absolute Gasteiger partial charge is 0.493 e. The van der Waals surface area contributed by atoms with Crippen LogP contribution in [-0.2, 0) is 5.41 Å². The molecule has 2 aromatic carbocycles. The predicted molar refractivity (Wildman–Crippen MR) is 121 cm³/mol. The van der Waals surface area contributed by atoms with Crippen molar-refractivity contribution >= 4 is 5.69 Å². The summed E-state index contributed by atoms with van der Waals surface area (Å²) in [5.74, 6) is 2.55. The Bertz CT molecular complexity index is 1280. The first-order valence-corrected chi connectivity index (χ1v) is 10.7. The molecule has 7 nitrogen and oxygen atoms in total. The lowest BCUT2D eigenvalue weighted by atomic mass is 9.65. The second-order valence-corrected chi connectivity index (χ2v) is 8.97. The van der Waals surface area contributed by atoms with Gasteiger partial charge in [0, 0.05) is 39.9 Å². The summed E-state index contributed by atoms with van der Waals surface area (Å²) in [4.78, 5) is 4.06. The number of hydrogen-bond donors (Lipinski definition) is 2. The van der Waals surface area contributed by atoms with Crippen molar-refractivity contribution in [1.29, 1.82) is 0 Å². The van der Waals surface area contributed by atoms with E-state index in [0.717, 1.165) is 45.2 Å². The number of anilines is 1. The number of aromatic amines is 1. The van der Waals surface area contributed by atoms with Crippen LogP contribution < -0.4 is 14.8 Å². The molecule has 0 spiro atoms. The maximum absolute atomic E-state index is 6.32. The number of H-pyrrole nitrogens is 1. The van der Waals surface area contributed by atoms with Gasteiger partial charge in [0.1, 0.15) is 0 Å². The molecule has 4 aromatic rings. The molecular weight excluding hydrogens is 404 g/mol. The van der Waals surface area contributed by atoms with Crippen molar-refractivity contribution < 1.29 is 13.9 Å². The Balaban J connectivity index is 1.48. The van der Waals surface area contributed by atoms with Gasteiger partial charge in [-0.1, -0.05) is 13.8 Å². The van der Waals surface area contributed by atoms with Gasteiger partial charge in [0.2, 0.25) is 0 Å². The van der Waals surface area contributed by atoms with E-state index in [0.29, 0.717) is 6.61 Å². The van der Waals surface area contributed by atoms with E-state index in [1.165, 1.54) is 12.0 Å². The van der Waals surface area contributed by atoms with Crippen LogP contribution in [0, 0.1) is 5.92 Å².